The van der Waals surface area contributed by atoms with Crippen LogP contribution >= 0.6 is 15.9 Å². The average molecular weight is 277 g/mol. The molecule has 0 unspecified atom stereocenters. The van der Waals surface area contributed by atoms with E-state index in [-0.39, 0.29) is 5.75 Å². The number of rotatable bonds is 1. The largest absolute Gasteiger partial charge is 0.508 e. The highest BCUT2D eigenvalue weighted by molar-refractivity contribution is 9.10. The quantitative estimate of drug-likeness (QED) is 0.817. The molecule has 0 amide bonds. The highest BCUT2D eigenvalue weighted by atomic mass is 79.9. The Labute approximate surface area is 104 Å². The molecule has 0 fully saturated rings. The molecule has 2 rings (SSSR count). The lowest BCUT2D eigenvalue weighted by Crippen LogP contribution is -1.85. The number of phenols is 1. The van der Waals surface area contributed by atoms with Gasteiger partial charge in [-0.3, -0.25) is 0 Å². The van der Waals surface area contributed by atoms with Crippen molar-refractivity contribution in [3.05, 3.63) is 52.0 Å². The maximum absolute atomic E-state index is 9.57. The van der Waals surface area contributed by atoms with Crippen molar-refractivity contribution >= 4 is 15.9 Å². The molecule has 2 heteroatoms. The van der Waals surface area contributed by atoms with E-state index in [0.29, 0.717) is 0 Å². The molecular weight excluding hydrogens is 264 g/mol. The summed E-state index contributed by atoms with van der Waals surface area (Å²) >= 11 is 3.39. The molecule has 0 atom stereocenters. The summed E-state index contributed by atoms with van der Waals surface area (Å²) in [6.45, 7) is 4.16. The van der Waals surface area contributed by atoms with E-state index in [9.17, 15) is 5.11 Å². The van der Waals surface area contributed by atoms with Gasteiger partial charge in [0.15, 0.2) is 0 Å². The van der Waals surface area contributed by atoms with Crippen LogP contribution in [0.3, 0.4) is 0 Å². The molecule has 2 aromatic carbocycles. The Hall–Kier alpha value is -1.28. The van der Waals surface area contributed by atoms with Gasteiger partial charge >= 0.3 is 0 Å². The molecule has 16 heavy (non-hydrogen) atoms. The summed E-state index contributed by atoms with van der Waals surface area (Å²) in [5, 5.41) is 9.57. The minimum atomic E-state index is 0.282. The van der Waals surface area contributed by atoms with E-state index in [1.54, 1.807) is 12.1 Å². The lowest BCUT2D eigenvalue weighted by Gasteiger charge is -2.08. The summed E-state index contributed by atoms with van der Waals surface area (Å²) in [5.74, 6) is 0.282. The summed E-state index contributed by atoms with van der Waals surface area (Å²) in [6.07, 6.45) is 0. The van der Waals surface area contributed by atoms with Crippen LogP contribution in [0, 0.1) is 13.8 Å². The van der Waals surface area contributed by atoms with Crippen molar-refractivity contribution in [3.63, 3.8) is 0 Å². The van der Waals surface area contributed by atoms with E-state index in [2.05, 4.69) is 48.0 Å². The van der Waals surface area contributed by atoms with Crippen molar-refractivity contribution in [3.8, 4) is 16.9 Å². The van der Waals surface area contributed by atoms with E-state index in [0.717, 1.165) is 15.6 Å². The Bertz CT molecular complexity index is 512. The highest BCUT2D eigenvalue weighted by Crippen LogP contribution is 2.30. The van der Waals surface area contributed by atoms with Gasteiger partial charge in [-0.05, 0) is 48.7 Å². The molecule has 1 nitrogen and oxygen atoms in total. The minimum absolute atomic E-state index is 0.282. The first-order valence-electron chi connectivity index (χ1n) is 5.13. The van der Waals surface area contributed by atoms with Crippen molar-refractivity contribution in [1.82, 2.24) is 0 Å². The van der Waals surface area contributed by atoms with Crippen LogP contribution in [0.25, 0.3) is 11.1 Å². The van der Waals surface area contributed by atoms with E-state index in [4.69, 9.17) is 0 Å². The van der Waals surface area contributed by atoms with Crippen molar-refractivity contribution in [1.29, 1.82) is 0 Å². The molecule has 0 radical (unpaired) electrons. The third kappa shape index (κ3) is 2.27. The predicted octanol–water partition coefficient (Wildman–Crippen LogP) is 4.44. The third-order valence-electron chi connectivity index (χ3n) is 2.58. The van der Waals surface area contributed by atoms with Gasteiger partial charge in [0.05, 0.1) is 0 Å². The van der Waals surface area contributed by atoms with Gasteiger partial charge in [0.2, 0.25) is 0 Å². The Morgan fingerprint density at radius 1 is 1.00 bits per heavy atom. The van der Waals surface area contributed by atoms with Crippen LogP contribution in [0.5, 0.6) is 5.75 Å². The first kappa shape index (κ1) is 11.2. The molecule has 0 aliphatic rings. The van der Waals surface area contributed by atoms with Gasteiger partial charge in [-0.25, -0.2) is 0 Å². The molecule has 0 aliphatic carbocycles. The zero-order chi connectivity index (χ0) is 11.7. The smallest absolute Gasteiger partial charge is 0.117 e. The molecular formula is C14H13BrO. The summed E-state index contributed by atoms with van der Waals surface area (Å²) in [7, 11) is 0. The van der Waals surface area contributed by atoms with Crippen LogP contribution in [0.2, 0.25) is 0 Å². The van der Waals surface area contributed by atoms with E-state index in [1.165, 1.54) is 11.1 Å². The fourth-order valence-corrected chi connectivity index (χ4v) is 2.35. The van der Waals surface area contributed by atoms with E-state index >= 15 is 0 Å². The Morgan fingerprint density at radius 3 is 2.38 bits per heavy atom. The zero-order valence-electron chi connectivity index (χ0n) is 9.29. The summed E-state index contributed by atoms with van der Waals surface area (Å²) in [5.41, 5.74) is 4.66. The molecule has 0 aromatic heterocycles. The summed E-state index contributed by atoms with van der Waals surface area (Å²) in [4.78, 5) is 0. The Kier molecular flexibility index (Phi) is 3.01. The number of aromatic hydroxyl groups is 1. The SMILES string of the molecule is Cc1ccc(-c2cc(O)cc(Br)c2)c(C)c1. The predicted molar refractivity (Wildman–Crippen MR) is 70.7 cm³/mol. The Morgan fingerprint density at radius 2 is 1.75 bits per heavy atom. The molecule has 0 aliphatic heterocycles. The summed E-state index contributed by atoms with van der Waals surface area (Å²) < 4.78 is 0.891. The topological polar surface area (TPSA) is 20.2 Å². The van der Waals surface area contributed by atoms with Crippen molar-refractivity contribution in [2.75, 3.05) is 0 Å². The molecule has 1 N–H and O–H groups in total. The second-order valence-electron chi connectivity index (χ2n) is 4.02. The molecule has 0 saturated heterocycles. The number of phenolic OH excluding ortho intramolecular Hbond substituents is 1. The van der Waals surface area contributed by atoms with Gasteiger partial charge in [0.1, 0.15) is 5.75 Å². The fourth-order valence-electron chi connectivity index (χ4n) is 1.87. The molecule has 0 spiro atoms. The highest BCUT2D eigenvalue weighted by Gasteiger charge is 2.04. The molecule has 0 saturated carbocycles. The van der Waals surface area contributed by atoms with Gasteiger partial charge in [-0.15, -0.1) is 0 Å². The van der Waals surface area contributed by atoms with Gasteiger partial charge in [-0.1, -0.05) is 39.7 Å². The first-order valence-corrected chi connectivity index (χ1v) is 5.93. The Balaban J connectivity index is 2.58. The normalized spacial score (nSPS) is 10.4. The van der Waals surface area contributed by atoms with Crippen molar-refractivity contribution < 1.29 is 5.11 Å². The lowest BCUT2D eigenvalue weighted by molar-refractivity contribution is 0.475. The van der Waals surface area contributed by atoms with Crippen LogP contribution in [-0.2, 0) is 0 Å². The van der Waals surface area contributed by atoms with E-state index < -0.39 is 0 Å². The van der Waals surface area contributed by atoms with Crippen molar-refractivity contribution in [2.45, 2.75) is 13.8 Å². The van der Waals surface area contributed by atoms with Gasteiger partial charge in [-0.2, -0.15) is 0 Å². The van der Waals surface area contributed by atoms with Crippen molar-refractivity contribution in [2.24, 2.45) is 0 Å². The fraction of sp³-hybridized carbons (Fsp3) is 0.143. The minimum Gasteiger partial charge on any atom is -0.508 e. The lowest BCUT2D eigenvalue weighted by atomic mass is 9.99. The molecule has 0 heterocycles. The first-order chi connectivity index (χ1) is 7.56. The van der Waals surface area contributed by atoms with Crippen LogP contribution < -0.4 is 0 Å². The number of benzene rings is 2. The second-order valence-corrected chi connectivity index (χ2v) is 4.93. The second kappa shape index (κ2) is 4.30. The maximum atomic E-state index is 9.57. The standard InChI is InChI=1S/C14H13BrO/c1-9-3-4-14(10(2)5-9)11-6-12(15)8-13(16)7-11/h3-8,16H,1-2H3. The number of aryl methyl sites for hydroxylation is 2. The molecule has 2 aromatic rings. The van der Waals surface area contributed by atoms with Crippen LogP contribution in [-0.4, -0.2) is 5.11 Å². The monoisotopic (exact) mass is 276 g/mol. The third-order valence-corrected chi connectivity index (χ3v) is 3.03. The average Bonchev–Trinajstić information content (AvgIpc) is 2.15. The van der Waals surface area contributed by atoms with Crippen LogP contribution in [0.15, 0.2) is 40.9 Å². The number of hydrogen-bond donors (Lipinski definition) is 1. The zero-order valence-corrected chi connectivity index (χ0v) is 10.9. The number of hydrogen-bond acceptors (Lipinski definition) is 1. The maximum Gasteiger partial charge on any atom is 0.117 e. The molecule has 0 bridgehead atoms. The van der Waals surface area contributed by atoms with Crippen LogP contribution in [0.4, 0.5) is 0 Å². The molecule has 82 valence electrons. The van der Waals surface area contributed by atoms with E-state index in [1.807, 2.05) is 6.07 Å². The van der Waals surface area contributed by atoms with Gasteiger partial charge < -0.3 is 5.11 Å². The number of halogens is 1. The van der Waals surface area contributed by atoms with Gasteiger partial charge in [0, 0.05) is 4.47 Å². The summed E-state index contributed by atoms with van der Waals surface area (Å²) in [6, 6.07) is 11.8. The van der Waals surface area contributed by atoms with Crippen LogP contribution in [0.1, 0.15) is 11.1 Å². The van der Waals surface area contributed by atoms with Gasteiger partial charge in [0.25, 0.3) is 0 Å².